The molecular formula is C15H18N2O2. The number of aromatic nitrogens is 1. The van der Waals surface area contributed by atoms with E-state index >= 15 is 0 Å². The minimum absolute atomic E-state index is 0.0539. The summed E-state index contributed by atoms with van der Waals surface area (Å²) in [5.74, 6) is 0.399. The van der Waals surface area contributed by atoms with Gasteiger partial charge in [-0.1, -0.05) is 35.0 Å². The lowest BCUT2D eigenvalue weighted by Crippen LogP contribution is -2.27. The lowest BCUT2D eigenvalue weighted by Gasteiger charge is -2.14. The predicted octanol–water partition coefficient (Wildman–Crippen LogP) is 3.09. The van der Waals surface area contributed by atoms with Crippen molar-refractivity contribution in [2.24, 2.45) is 0 Å². The van der Waals surface area contributed by atoms with Gasteiger partial charge >= 0.3 is 0 Å². The first-order chi connectivity index (χ1) is 8.99. The molecule has 19 heavy (non-hydrogen) atoms. The molecule has 0 aliphatic heterocycles. The fraction of sp³-hybridized carbons (Fsp3) is 0.333. The Morgan fingerprint density at radius 3 is 2.37 bits per heavy atom. The molecule has 0 aliphatic rings. The first-order valence-electron chi connectivity index (χ1n) is 6.29. The van der Waals surface area contributed by atoms with E-state index in [-0.39, 0.29) is 11.9 Å². The first-order valence-corrected chi connectivity index (χ1v) is 6.29. The predicted molar refractivity (Wildman–Crippen MR) is 73.0 cm³/mol. The molecule has 1 amide bonds. The van der Waals surface area contributed by atoms with Crippen LogP contribution in [0.5, 0.6) is 0 Å². The van der Waals surface area contributed by atoms with Crippen molar-refractivity contribution in [2.75, 3.05) is 0 Å². The van der Waals surface area contributed by atoms with Crippen molar-refractivity contribution in [3.8, 4) is 0 Å². The van der Waals surface area contributed by atoms with E-state index in [1.165, 1.54) is 5.56 Å². The highest BCUT2D eigenvalue weighted by Gasteiger charge is 2.19. The van der Waals surface area contributed by atoms with Crippen molar-refractivity contribution in [1.29, 1.82) is 0 Å². The van der Waals surface area contributed by atoms with Gasteiger partial charge in [0, 0.05) is 0 Å². The van der Waals surface area contributed by atoms with Gasteiger partial charge in [-0.2, -0.15) is 0 Å². The van der Waals surface area contributed by atoms with E-state index in [1.54, 1.807) is 13.8 Å². The zero-order valence-electron chi connectivity index (χ0n) is 11.7. The smallest absolute Gasteiger partial charge is 0.257 e. The van der Waals surface area contributed by atoms with Crippen molar-refractivity contribution >= 4 is 5.91 Å². The van der Waals surface area contributed by atoms with Crippen molar-refractivity contribution < 1.29 is 9.32 Å². The quantitative estimate of drug-likeness (QED) is 0.920. The van der Waals surface area contributed by atoms with Gasteiger partial charge in [0.25, 0.3) is 5.91 Å². The molecule has 100 valence electrons. The molecule has 0 bridgehead atoms. The molecule has 0 radical (unpaired) electrons. The first kappa shape index (κ1) is 13.3. The Hall–Kier alpha value is -2.10. The number of benzene rings is 1. The molecule has 1 aromatic heterocycles. The zero-order chi connectivity index (χ0) is 14.0. The number of hydrogen-bond acceptors (Lipinski definition) is 3. The molecule has 2 rings (SSSR count). The van der Waals surface area contributed by atoms with Crippen molar-refractivity contribution in [3.63, 3.8) is 0 Å². The molecule has 0 fully saturated rings. The Bertz CT molecular complexity index is 565. The van der Waals surface area contributed by atoms with Gasteiger partial charge in [-0.05, 0) is 33.3 Å². The van der Waals surface area contributed by atoms with Gasteiger partial charge in [0.1, 0.15) is 11.3 Å². The molecule has 0 saturated carbocycles. The summed E-state index contributed by atoms with van der Waals surface area (Å²) in [5.41, 5.74) is 3.42. The van der Waals surface area contributed by atoms with E-state index in [4.69, 9.17) is 4.52 Å². The average Bonchev–Trinajstić information content (AvgIpc) is 2.69. The van der Waals surface area contributed by atoms with Crippen LogP contribution < -0.4 is 5.32 Å². The molecule has 0 saturated heterocycles. The van der Waals surface area contributed by atoms with Gasteiger partial charge in [-0.3, -0.25) is 4.79 Å². The molecule has 4 heteroatoms. The van der Waals surface area contributed by atoms with Crippen LogP contribution in [-0.4, -0.2) is 11.1 Å². The Labute approximate surface area is 112 Å². The number of hydrogen-bond donors (Lipinski definition) is 1. The second-order valence-electron chi connectivity index (χ2n) is 4.81. The van der Waals surface area contributed by atoms with Crippen molar-refractivity contribution in [1.82, 2.24) is 10.5 Å². The summed E-state index contributed by atoms with van der Waals surface area (Å²) in [4.78, 5) is 12.2. The summed E-state index contributed by atoms with van der Waals surface area (Å²) in [6, 6.07) is 8.06. The molecule has 1 N–H and O–H groups in total. The van der Waals surface area contributed by atoms with Gasteiger partial charge in [-0.15, -0.1) is 0 Å². The molecule has 1 atom stereocenters. The van der Waals surface area contributed by atoms with E-state index < -0.39 is 0 Å². The fourth-order valence-electron chi connectivity index (χ4n) is 2.01. The largest absolute Gasteiger partial charge is 0.361 e. The third-order valence-electron chi connectivity index (χ3n) is 3.19. The molecule has 1 heterocycles. The van der Waals surface area contributed by atoms with Gasteiger partial charge in [0.05, 0.1) is 11.7 Å². The lowest BCUT2D eigenvalue weighted by molar-refractivity contribution is 0.0938. The summed E-state index contributed by atoms with van der Waals surface area (Å²) < 4.78 is 5.01. The van der Waals surface area contributed by atoms with Crippen LogP contribution in [0, 0.1) is 20.8 Å². The van der Waals surface area contributed by atoms with Gasteiger partial charge in [-0.25, -0.2) is 0 Å². The Balaban J connectivity index is 2.13. The highest BCUT2D eigenvalue weighted by Crippen LogP contribution is 2.16. The third-order valence-corrected chi connectivity index (χ3v) is 3.19. The summed E-state index contributed by atoms with van der Waals surface area (Å²) >= 11 is 0. The molecule has 0 spiro atoms. The fourth-order valence-corrected chi connectivity index (χ4v) is 2.01. The second kappa shape index (κ2) is 5.26. The monoisotopic (exact) mass is 258 g/mol. The van der Waals surface area contributed by atoms with Gasteiger partial charge in [0.2, 0.25) is 0 Å². The molecule has 2 aromatic rings. The van der Waals surface area contributed by atoms with Crippen molar-refractivity contribution in [3.05, 3.63) is 52.4 Å². The van der Waals surface area contributed by atoms with Crippen LogP contribution in [0.25, 0.3) is 0 Å². The van der Waals surface area contributed by atoms with Crippen LogP contribution in [0.3, 0.4) is 0 Å². The number of carbonyl (C=O) groups is 1. The number of carbonyl (C=O) groups excluding carboxylic acids is 1. The Morgan fingerprint density at radius 2 is 1.84 bits per heavy atom. The zero-order valence-corrected chi connectivity index (χ0v) is 11.7. The number of rotatable bonds is 3. The van der Waals surface area contributed by atoms with Crippen LogP contribution in [0.4, 0.5) is 0 Å². The van der Waals surface area contributed by atoms with Crippen LogP contribution in [0.2, 0.25) is 0 Å². The van der Waals surface area contributed by atoms with Crippen LogP contribution in [0.15, 0.2) is 28.8 Å². The second-order valence-corrected chi connectivity index (χ2v) is 4.81. The van der Waals surface area contributed by atoms with Crippen LogP contribution in [0.1, 0.15) is 45.9 Å². The summed E-state index contributed by atoms with van der Waals surface area (Å²) in [6.45, 7) is 7.51. The normalized spacial score (nSPS) is 12.2. The van der Waals surface area contributed by atoms with E-state index in [0.29, 0.717) is 17.0 Å². The maximum absolute atomic E-state index is 12.2. The lowest BCUT2D eigenvalue weighted by atomic mass is 10.1. The number of nitrogens with one attached hydrogen (secondary N) is 1. The molecule has 1 aromatic carbocycles. The minimum atomic E-state index is -0.149. The number of aryl methyl sites for hydroxylation is 3. The number of nitrogens with zero attached hydrogens (tertiary/aromatic N) is 1. The van der Waals surface area contributed by atoms with E-state index in [2.05, 4.69) is 10.5 Å². The van der Waals surface area contributed by atoms with Crippen molar-refractivity contribution in [2.45, 2.75) is 33.7 Å². The average molecular weight is 258 g/mol. The van der Waals surface area contributed by atoms with Gasteiger partial charge in [0.15, 0.2) is 0 Å². The van der Waals surface area contributed by atoms with Crippen LogP contribution in [-0.2, 0) is 0 Å². The van der Waals surface area contributed by atoms with E-state index in [9.17, 15) is 4.79 Å². The summed E-state index contributed by atoms with van der Waals surface area (Å²) in [6.07, 6.45) is 0. The highest BCUT2D eigenvalue weighted by atomic mass is 16.5. The maximum atomic E-state index is 12.2. The molecular weight excluding hydrogens is 240 g/mol. The third kappa shape index (κ3) is 2.84. The SMILES string of the molecule is Cc1ccc([C@@H](C)NC(=O)c2c(C)noc2C)cc1. The highest BCUT2D eigenvalue weighted by molar-refractivity contribution is 5.96. The molecule has 0 unspecified atom stereocenters. The topological polar surface area (TPSA) is 55.1 Å². The standard InChI is InChI=1S/C15H18N2O2/c1-9-5-7-13(8-6-9)10(2)16-15(18)14-11(3)17-19-12(14)4/h5-8,10H,1-4H3,(H,16,18)/t10-/m1/s1. The minimum Gasteiger partial charge on any atom is -0.361 e. The van der Waals surface area contributed by atoms with Gasteiger partial charge < -0.3 is 9.84 Å². The Kier molecular flexibility index (Phi) is 3.69. The Morgan fingerprint density at radius 1 is 1.21 bits per heavy atom. The van der Waals surface area contributed by atoms with E-state index in [0.717, 1.165) is 5.56 Å². The summed E-state index contributed by atoms with van der Waals surface area (Å²) in [5, 5.41) is 6.75. The van der Waals surface area contributed by atoms with E-state index in [1.807, 2.05) is 38.1 Å². The number of amides is 1. The summed E-state index contributed by atoms with van der Waals surface area (Å²) in [7, 11) is 0. The molecule has 0 aliphatic carbocycles. The molecule has 4 nitrogen and oxygen atoms in total. The maximum Gasteiger partial charge on any atom is 0.257 e. The van der Waals surface area contributed by atoms with Crippen LogP contribution >= 0.6 is 0 Å².